The van der Waals surface area contributed by atoms with Crippen molar-refractivity contribution < 1.29 is 18.0 Å². The van der Waals surface area contributed by atoms with Crippen molar-refractivity contribution in [3.8, 4) is 0 Å². The van der Waals surface area contributed by atoms with Crippen LogP contribution in [0.1, 0.15) is 31.9 Å². The van der Waals surface area contributed by atoms with Crippen LogP contribution in [-0.2, 0) is 26.2 Å². The molecule has 0 heterocycles. The van der Waals surface area contributed by atoms with Crippen molar-refractivity contribution in [1.29, 1.82) is 0 Å². The van der Waals surface area contributed by atoms with Crippen LogP contribution in [0.4, 0.5) is 5.69 Å². The zero-order chi connectivity index (χ0) is 27.9. The topological polar surface area (TPSA) is 86.8 Å². The second-order valence-corrected chi connectivity index (χ2v) is 11.9. The molecule has 9 heteroatoms. The Balaban J connectivity index is 2.00. The van der Waals surface area contributed by atoms with Crippen molar-refractivity contribution in [2.75, 3.05) is 17.4 Å². The molecule has 0 unspecified atom stereocenters. The number of carbonyl (C=O) groups excluding carboxylic acids is 2. The summed E-state index contributed by atoms with van der Waals surface area (Å²) in [7, 11) is -4.10. The smallest absolute Gasteiger partial charge is 0.264 e. The standard InChI is InChI=1S/C29H34ClN3O4S/c1-21(2)18-31-29(35)23(4)32(19-24-11-9-8-10-22(24)3)28(34)20-33(26-16-14-25(30)15-17-26)38(36,37)27-12-6-5-7-13-27/h5-17,21,23H,18-20H2,1-4H3,(H,31,35)/t23-/m0/s1. The molecule has 7 nitrogen and oxygen atoms in total. The van der Waals surface area contributed by atoms with Crippen LogP contribution in [0.2, 0.25) is 5.02 Å². The maximum atomic E-state index is 13.9. The molecule has 202 valence electrons. The average molecular weight is 556 g/mol. The highest BCUT2D eigenvalue weighted by Gasteiger charge is 2.32. The summed E-state index contributed by atoms with van der Waals surface area (Å²) in [6, 6.07) is 21.0. The number of anilines is 1. The van der Waals surface area contributed by atoms with Crippen molar-refractivity contribution in [3.05, 3.63) is 95.0 Å². The number of sulfonamides is 1. The molecule has 1 N–H and O–H groups in total. The van der Waals surface area contributed by atoms with Gasteiger partial charge in [0.15, 0.2) is 0 Å². The molecule has 0 saturated carbocycles. The van der Waals surface area contributed by atoms with Gasteiger partial charge in [0, 0.05) is 18.1 Å². The minimum Gasteiger partial charge on any atom is -0.354 e. The fourth-order valence-corrected chi connectivity index (χ4v) is 5.42. The van der Waals surface area contributed by atoms with Crippen molar-refractivity contribution in [3.63, 3.8) is 0 Å². The minimum atomic E-state index is -4.10. The maximum absolute atomic E-state index is 13.9. The molecule has 1 atom stereocenters. The van der Waals surface area contributed by atoms with E-state index in [2.05, 4.69) is 5.32 Å². The molecule has 0 radical (unpaired) electrons. The monoisotopic (exact) mass is 555 g/mol. The number of nitrogens with one attached hydrogen (secondary N) is 1. The summed E-state index contributed by atoms with van der Waals surface area (Å²) >= 11 is 6.05. The first kappa shape index (κ1) is 29.2. The number of halogens is 1. The lowest BCUT2D eigenvalue weighted by Gasteiger charge is -2.32. The van der Waals surface area contributed by atoms with Crippen LogP contribution >= 0.6 is 11.6 Å². The quantitative estimate of drug-likeness (QED) is 0.359. The number of hydrogen-bond donors (Lipinski definition) is 1. The summed E-state index contributed by atoms with van der Waals surface area (Å²) in [5.74, 6) is -0.567. The number of rotatable bonds is 11. The van der Waals surface area contributed by atoms with Crippen LogP contribution in [0.15, 0.2) is 83.8 Å². The molecule has 0 spiro atoms. The number of hydrogen-bond acceptors (Lipinski definition) is 4. The van der Waals surface area contributed by atoms with Crippen LogP contribution in [0, 0.1) is 12.8 Å². The maximum Gasteiger partial charge on any atom is 0.264 e. The van der Waals surface area contributed by atoms with Gasteiger partial charge in [-0.2, -0.15) is 0 Å². The highest BCUT2D eigenvalue weighted by Crippen LogP contribution is 2.26. The summed E-state index contributed by atoms with van der Waals surface area (Å²) in [6.45, 7) is 7.69. The number of aryl methyl sites for hydroxylation is 1. The van der Waals surface area contributed by atoms with Gasteiger partial charge in [-0.25, -0.2) is 8.42 Å². The predicted molar refractivity (Wildman–Crippen MR) is 151 cm³/mol. The summed E-state index contributed by atoms with van der Waals surface area (Å²) in [5, 5.41) is 3.32. The SMILES string of the molecule is Cc1ccccc1CN(C(=O)CN(c1ccc(Cl)cc1)S(=O)(=O)c1ccccc1)[C@@H](C)C(=O)NCC(C)C. The third-order valence-electron chi connectivity index (χ3n) is 6.18. The van der Waals surface area contributed by atoms with E-state index in [9.17, 15) is 18.0 Å². The first-order valence-corrected chi connectivity index (χ1v) is 14.3. The third kappa shape index (κ3) is 7.36. The van der Waals surface area contributed by atoms with E-state index in [0.717, 1.165) is 15.4 Å². The Labute approximate surface area is 230 Å². The van der Waals surface area contributed by atoms with E-state index in [1.54, 1.807) is 49.4 Å². The molecular weight excluding hydrogens is 522 g/mol. The molecule has 3 aromatic carbocycles. The fourth-order valence-electron chi connectivity index (χ4n) is 3.86. The van der Waals surface area contributed by atoms with Gasteiger partial charge in [0.25, 0.3) is 10.0 Å². The Morgan fingerprint density at radius 3 is 2.11 bits per heavy atom. The molecule has 0 aliphatic rings. The average Bonchev–Trinajstić information content (AvgIpc) is 2.90. The van der Waals surface area contributed by atoms with E-state index in [4.69, 9.17) is 11.6 Å². The lowest BCUT2D eigenvalue weighted by atomic mass is 10.1. The number of benzene rings is 3. The van der Waals surface area contributed by atoms with Crippen LogP contribution in [0.25, 0.3) is 0 Å². The van der Waals surface area contributed by atoms with Crippen LogP contribution < -0.4 is 9.62 Å². The van der Waals surface area contributed by atoms with Gasteiger partial charge in [-0.1, -0.05) is 67.9 Å². The van der Waals surface area contributed by atoms with Crippen molar-refractivity contribution in [1.82, 2.24) is 10.2 Å². The van der Waals surface area contributed by atoms with Gasteiger partial charge in [-0.3, -0.25) is 13.9 Å². The molecule has 0 aliphatic heterocycles. The van der Waals surface area contributed by atoms with Gasteiger partial charge >= 0.3 is 0 Å². The molecule has 0 aromatic heterocycles. The first-order valence-electron chi connectivity index (χ1n) is 12.5. The third-order valence-corrected chi connectivity index (χ3v) is 8.22. The van der Waals surface area contributed by atoms with Crippen LogP contribution in [0.5, 0.6) is 0 Å². The van der Waals surface area contributed by atoms with Crippen molar-refractivity contribution in [2.45, 2.75) is 45.2 Å². The van der Waals surface area contributed by atoms with E-state index in [0.29, 0.717) is 17.3 Å². The molecule has 38 heavy (non-hydrogen) atoms. The van der Waals surface area contributed by atoms with Gasteiger partial charge < -0.3 is 10.2 Å². The molecule has 0 bridgehead atoms. The highest BCUT2D eigenvalue weighted by atomic mass is 35.5. The van der Waals surface area contributed by atoms with Gasteiger partial charge in [-0.15, -0.1) is 0 Å². The molecule has 0 fully saturated rings. The van der Waals surface area contributed by atoms with E-state index in [-0.39, 0.29) is 23.3 Å². The second-order valence-electron chi connectivity index (χ2n) is 9.56. The van der Waals surface area contributed by atoms with E-state index in [1.165, 1.54) is 17.0 Å². The Hall–Kier alpha value is -3.36. The Morgan fingerprint density at radius 2 is 1.50 bits per heavy atom. The molecule has 2 amide bonds. The van der Waals surface area contributed by atoms with Gasteiger partial charge in [0.2, 0.25) is 11.8 Å². The zero-order valence-electron chi connectivity index (χ0n) is 22.1. The minimum absolute atomic E-state index is 0.0518. The van der Waals surface area contributed by atoms with Crippen LogP contribution in [-0.4, -0.2) is 44.3 Å². The largest absolute Gasteiger partial charge is 0.354 e. The van der Waals surface area contributed by atoms with Gasteiger partial charge in [0.05, 0.1) is 10.6 Å². The number of carbonyl (C=O) groups is 2. The predicted octanol–water partition coefficient (Wildman–Crippen LogP) is 5.03. The van der Waals surface area contributed by atoms with Crippen molar-refractivity contribution in [2.24, 2.45) is 5.92 Å². The molecule has 3 aromatic rings. The molecule has 3 rings (SSSR count). The van der Waals surface area contributed by atoms with Gasteiger partial charge in [-0.05, 0) is 67.3 Å². The lowest BCUT2D eigenvalue weighted by Crippen LogP contribution is -2.51. The normalized spacial score (nSPS) is 12.2. The van der Waals surface area contributed by atoms with Gasteiger partial charge in [0.1, 0.15) is 12.6 Å². The summed E-state index contributed by atoms with van der Waals surface area (Å²) in [4.78, 5) is 28.4. The Kier molecular flexibility index (Phi) is 9.94. The summed E-state index contributed by atoms with van der Waals surface area (Å²) < 4.78 is 28.5. The van der Waals surface area contributed by atoms with Crippen molar-refractivity contribution >= 4 is 39.1 Å². The highest BCUT2D eigenvalue weighted by molar-refractivity contribution is 7.92. The Bertz CT molecular complexity index is 1350. The number of nitrogens with zero attached hydrogens (tertiary/aromatic N) is 2. The molecular formula is C29H34ClN3O4S. The van der Waals surface area contributed by atoms with E-state index < -0.39 is 28.5 Å². The van der Waals surface area contributed by atoms with E-state index >= 15 is 0 Å². The zero-order valence-corrected chi connectivity index (χ0v) is 23.7. The van der Waals surface area contributed by atoms with E-state index in [1.807, 2.05) is 45.0 Å². The first-order chi connectivity index (χ1) is 18.0. The fraction of sp³-hybridized carbons (Fsp3) is 0.310. The molecule has 0 saturated heterocycles. The Morgan fingerprint density at radius 1 is 0.895 bits per heavy atom. The van der Waals surface area contributed by atoms with Crippen LogP contribution in [0.3, 0.4) is 0 Å². The lowest BCUT2D eigenvalue weighted by molar-refractivity contribution is -0.139. The summed E-state index contributed by atoms with van der Waals surface area (Å²) in [6.07, 6.45) is 0. The molecule has 0 aliphatic carbocycles. The number of amides is 2. The summed E-state index contributed by atoms with van der Waals surface area (Å²) in [5.41, 5.74) is 2.12. The second kappa shape index (κ2) is 12.9.